The van der Waals surface area contributed by atoms with Gasteiger partial charge < -0.3 is 11.1 Å². The highest BCUT2D eigenvalue weighted by molar-refractivity contribution is 5.88. The second-order valence-electron chi connectivity index (χ2n) is 13.2. The molecule has 3 aromatic carbocycles. The molecule has 0 saturated carbocycles. The third-order valence-electron chi connectivity index (χ3n) is 10.3. The van der Waals surface area contributed by atoms with Gasteiger partial charge in [0.2, 0.25) is 0 Å². The van der Waals surface area contributed by atoms with E-state index in [0.29, 0.717) is 11.8 Å². The quantitative estimate of drug-likeness (QED) is 0.155. The van der Waals surface area contributed by atoms with Crippen LogP contribution >= 0.6 is 0 Å². The maximum atomic E-state index is 7.14. The number of nitrogens with zero attached hydrogens (tertiary/aromatic N) is 1. The largest absolute Gasteiger partial charge is 0.397 e. The molecule has 3 heteroatoms. The molecule has 3 unspecified atom stereocenters. The summed E-state index contributed by atoms with van der Waals surface area (Å²) in [6.45, 7) is 12.1. The van der Waals surface area contributed by atoms with E-state index >= 15 is 0 Å². The number of rotatable bonds is 8. The summed E-state index contributed by atoms with van der Waals surface area (Å²) in [7, 11) is 0. The molecule has 3 N–H and O–H groups in total. The van der Waals surface area contributed by atoms with Gasteiger partial charge in [0.25, 0.3) is 0 Å². The Morgan fingerprint density at radius 3 is 2.76 bits per heavy atom. The first-order valence-electron chi connectivity index (χ1n) is 17.1. The second kappa shape index (κ2) is 13.9. The third kappa shape index (κ3) is 6.36. The topological polar surface area (TPSA) is 50.4 Å². The summed E-state index contributed by atoms with van der Waals surface area (Å²) in [5.74, 6) is 1.03. The first-order chi connectivity index (χ1) is 22.0. The van der Waals surface area contributed by atoms with Crippen molar-refractivity contribution in [3.63, 3.8) is 0 Å². The molecule has 45 heavy (non-hydrogen) atoms. The summed E-state index contributed by atoms with van der Waals surface area (Å²) < 4.78 is 0. The van der Waals surface area contributed by atoms with Crippen LogP contribution in [0.5, 0.6) is 0 Å². The van der Waals surface area contributed by atoms with Gasteiger partial charge in [0.15, 0.2) is 0 Å². The van der Waals surface area contributed by atoms with Crippen LogP contribution in [0.1, 0.15) is 105 Å². The molecule has 0 amide bonds. The Labute approximate surface area is 270 Å². The van der Waals surface area contributed by atoms with E-state index in [0.717, 1.165) is 68.6 Å². The van der Waals surface area contributed by atoms with Crippen LogP contribution in [0.4, 0.5) is 17.1 Å². The minimum Gasteiger partial charge on any atom is -0.397 e. The average molecular weight is 596 g/mol. The summed E-state index contributed by atoms with van der Waals surface area (Å²) in [5.41, 5.74) is 22.4. The molecule has 3 atom stereocenters. The average Bonchev–Trinajstić information content (AvgIpc) is 3.19. The lowest BCUT2D eigenvalue weighted by atomic mass is 9.76. The molecule has 2 aliphatic heterocycles. The van der Waals surface area contributed by atoms with Crippen molar-refractivity contribution in [3.05, 3.63) is 124 Å². The Morgan fingerprint density at radius 1 is 1.11 bits per heavy atom. The van der Waals surface area contributed by atoms with Crippen molar-refractivity contribution in [2.45, 2.75) is 89.9 Å². The van der Waals surface area contributed by atoms with Crippen LogP contribution in [-0.4, -0.2) is 12.8 Å². The zero-order valence-corrected chi connectivity index (χ0v) is 27.4. The van der Waals surface area contributed by atoms with E-state index in [-0.39, 0.29) is 5.92 Å². The fourth-order valence-electron chi connectivity index (χ4n) is 7.81. The Hall–Kier alpha value is -4.11. The van der Waals surface area contributed by atoms with Gasteiger partial charge in [-0.1, -0.05) is 104 Å². The summed E-state index contributed by atoms with van der Waals surface area (Å²) in [5, 5.41) is 3.67. The van der Waals surface area contributed by atoms with Gasteiger partial charge in [-0.3, -0.25) is 4.99 Å². The zero-order valence-electron chi connectivity index (χ0n) is 27.4. The highest BCUT2D eigenvalue weighted by Crippen LogP contribution is 2.50. The number of allylic oxidation sites excluding steroid dienone is 6. The molecule has 3 nitrogen and oxygen atoms in total. The van der Waals surface area contributed by atoms with Gasteiger partial charge in [0.05, 0.1) is 17.1 Å². The monoisotopic (exact) mass is 595 g/mol. The molecule has 0 aromatic heterocycles. The molecule has 0 fully saturated rings. The molecule has 0 radical (unpaired) electrons. The number of hydrogen-bond acceptors (Lipinski definition) is 3. The fraction of sp³-hybridized carbons (Fsp3) is 0.357. The van der Waals surface area contributed by atoms with Gasteiger partial charge in [-0.15, -0.1) is 0 Å². The van der Waals surface area contributed by atoms with Gasteiger partial charge in [0.1, 0.15) is 0 Å². The SMILES string of the molecule is C=C(/C=C(/C)C(C)c1c(N)c2c(c3c1CCC/C=C\C=N/3)C(CC)C=CCN2)CCCC1Cc2ccccc2-c2ccccc21. The molecule has 0 saturated heterocycles. The number of nitrogens with one attached hydrogen (secondary N) is 1. The van der Waals surface area contributed by atoms with E-state index in [1.54, 1.807) is 0 Å². The molecule has 232 valence electrons. The van der Waals surface area contributed by atoms with Crippen LogP contribution in [0.25, 0.3) is 11.1 Å². The second-order valence-corrected chi connectivity index (χ2v) is 13.2. The highest BCUT2D eigenvalue weighted by Gasteiger charge is 2.29. The van der Waals surface area contributed by atoms with Crippen LogP contribution in [0.2, 0.25) is 0 Å². The molecule has 0 spiro atoms. The Balaban J connectivity index is 1.23. The smallest absolute Gasteiger partial charge is 0.0724 e. The minimum atomic E-state index is 0.171. The molecular formula is C42H49N3. The number of benzene rings is 3. The summed E-state index contributed by atoms with van der Waals surface area (Å²) in [4.78, 5) is 5.10. The van der Waals surface area contributed by atoms with Gasteiger partial charge >= 0.3 is 0 Å². The van der Waals surface area contributed by atoms with E-state index < -0.39 is 0 Å². The highest BCUT2D eigenvalue weighted by atomic mass is 14.9. The predicted octanol–water partition coefficient (Wildman–Crippen LogP) is 11.1. The zero-order chi connectivity index (χ0) is 31.3. The normalized spacial score (nSPS) is 20.9. The molecule has 6 rings (SSSR count). The van der Waals surface area contributed by atoms with Gasteiger partial charge in [-0.2, -0.15) is 0 Å². The Bertz CT molecular complexity index is 1680. The number of aliphatic imine (C=N–C) groups is 1. The van der Waals surface area contributed by atoms with E-state index in [1.165, 1.54) is 56.5 Å². The summed E-state index contributed by atoms with van der Waals surface area (Å²) in [6, 6.07) is 17.9. The lowest BCUT2D eigenvalue weighted by Crippen LogP contribution is -2.13. The summed E-state index contributed by atoms with van der Waals surface area (Å²) >= 11 is 0. The Kier molecular flexibility index (Phi) is 9.54. The van der Waals surface area contributed by atoms with Crippen molar-refractivity contribution >= 4 is 23.3 Å². The standard InChI is InChI=1S/C42H49N3/c1-5-31-19-15-25-45-42-39(31)41-37(23-8-6-7-13-24-44-41)38(40(42)43)30(4)29(3)26-28(2)16-14-18-33-27-32-17-9-10-20-34(32)36-22-12-11-21-35(33)36/h7,9-13,15,17,19-22,24,26,30-31,33,45H,2,5-6,8,14,16,18,23,25,27,43H2,1,3-4H3/b13-7-,29-26-,44-24-. The maximum absolute atomic E-state index is 7.14. The van der Waals surface area contributed by atoms with Crippen LogP contribution in [0.3, 0.4) is 0 Å². The number of nitrogen functional groups attached to an aromatic ring is 1. The molecule has 3 aliphatic rings. The number of nitrogens with two attached hydrogens (primary N) is 1. The fourth-order valence-corrected chi connectivity index (χ4v) is 7.81. The number of fused-ring (bicyclic) bond motifs is 6. The van der Waals surface area contributed by atoms with E-state index in [9.17, 15) is 0 Å². The minimum absolute atomic E-state index is 0.171. The van der Waals surface area contributed by atoms with Crippen LogP contribution in [-0.2, 0) is 12.8 Å². The first-order valence-corrected chi connectivity index (χ1v) is 17.1. The van der Waals surface area contributed by atoms with Crippen LogP contribution in [0, 0.1) is 0 Å². The van der Waals surface area contributed by atoms with Crippen LogP contribution in [0.15, 0.2) is 102 Å². The molecular weight excluding hydrogens is 546 g/mol. The molecule has 1 aliphatic carbocycles. The van der Waals surface area contributed by atoms with Crippen LogP contribution < -0.4 is 11.1 Å². The number of hydrogen-bond donors (Lipinski definition) is 2. The first kappa shape index (κ1) is 30.9. The van der Waals surface area contributed by atoms with Crippen molar-refractivity contribution in [2.24, 2.45) is 4.99 Å². The van der Waals surface area contributed by atoms with Crippen molar-refractivity contribution in [2.75, 3.05) is 17.6 Å². The predicted molar refractivity (Wildman–Crippen MR) is 195 cm³/mol. The van der Waals surface area contributed by atoms with E-state index in [4.69, 9.17) is 10.7 Å². The van der Waals surface area contributed by atoms with Crippen molar-refractivity contribution in [1.82, 2.24) is 0 Å². The van der Waals surface area contributed by atoms with Crippen molar-refractivity contribution < 1.29 is 0 Å². The van der Waals surface area contributed by atoms with Gasteiger partial charge in [-0.05, 0) is 104 Å². The Morgan fingerprint density at radius 2 is 1.91 bits per heavy atom. The lowest BCUT2D eigenvalue weighted by molar-refractivity contribution is 0.585. The summed E-state index contributed by atoms with van der Waals surface area (Å²) in [6.07, 6.45) is 21.8. The molecule has 3 aromatic rings. The van der Waals surface area contributed by atoms with E-state index in [1.807, 2.05) is 6.21 Å². The van der Waals surface area contributed by atoms with Crippen molar-refractivity contribution in [1.29, 1.82) is 0 Å². The lowest BCUT2D eigenvalue weighted by Gasteiger charge is -2.28. The van der Waals surface area contributed by atoms with Gasteiger partial charge in [0, 0.05) is 30.2 Å². The van der Waals surface area contributed by atoms with E-state index in [2.05, 4.69) is 112 Å². The third-order valence-corrected chi connectivity index (χ3v) is 10.3. The number of anilines is 2. The maximum Gasteiger partial charge on any atom is 0.0724 e. The van der Waals surface area contributed by atoms with Gasteiger partial charge in [-0.25, -0.2) is 0 Å². The molecule has 0 bridgehead atoms. The molecule has 2 heterocycles. The van der Waals surface area contributed by atoms with Crippen molar-refractivity contribution in [3.8, 4) is 11.1 Å².